The van der Waals surface area contributed by atoms with E-state index >= 15 is 0 Å². The predicted octanol–water partition coefficient (Wildman–Crippen LogP) is 2.62. The molecule has 0 aliphatic heterocycles. The normalized spacial score (nSPS) is 11.7. The minimum atomic E-state index is -0.156. The molecule has 3 N–H and O–H groups in total. The van der Waals surface area contributed by atoms with E-state index in [0.29, 0.717) is 11.3 Å². The van der Waals surface area contributed by atoms with E-state index in [2.05, 4.69) is 6.92 Å². The number of methoxy groups -OCH3 is 1. The summed E-state index contributed by atoms with van der Waals surface area (Å²) in [7, 11) is 1.58. The van der Waals surface area contributed by atoms with Gasteiger partial charge in [-0.2, -0.15) is 0 Å². The van der Waals surface area contributed by atoms with Gasteiger partial charge in [0.1, 0.15) is 11.5 Å². The van der Waals surface area contributed by atoms with Crippen LogP contribution in [0.1, 0.15) is 31.4 Å². The largest absolute Gasteiger partial charge is 0.507 e. The summed E-state index contributed by atoms with van der Waals surface area (Å²) in [4.78, 5) is 0. The number of ether oxygens (including phenoxy) is 1. The van der Waals surface area contributed by atoms with Gasteiger partial charge >= 0.3 is 0 Å². The highest BCUT2D eigenvalue weighted by Crippen LogP contribution is 2.33. The SMILES string of the molecule is CCC[C@H](N)c1c(O)cccc1OC.Cl. The van der Waals surface area contributed by atoms with E-state index in [0.717, 1.165) is 12.8 Å². The molecular weight excluding hydrogens is 214 g/mol. The molecule has 86 valence electrons. The lowest BCUT2D eigenvalue weighted by molar-refractivity contribution is 0.391. The monoisotopic (exact) mass is 231 g/mol. The van der Waals surface area contributed by atoms with E-state index in [1.807, 2.05) is 6.07 Å². The second kappa shape index (κ2) is 6.53. The number of hydrogen-bond donors (Lipinski definition) is 2. The van der Waals surface area contributed by atoms with Crippen LogP contribution in [-0.2, 0) is 0 Å². The molecule has 1 rings (SSSR count). The van der Waals surface area contributed by atoms with Gasteiger partial charge in [-0.15, -0.1) is 12.4 Å². The van der Waals surface area contributed by atoms with Gasteiger partial charge in [-0.25, -0.2) is 0 Å². The Bertz CT molecular complexity index is 305. The summed E-state index contributed by atoms with van der Waals surface area (Å²) < 4.78 is 5.15. The minimum absolute atomic E-state index is 0. The van der Waals surface area contributed by atoms with E-state index in [-0.39, 0.29) is 24.2 Å². The molecule has 1 aromatic rings. The summed E-state index contributed by atoms with van der Waals surface area (Å²) >= 11 is 0. The van der Waals surface area contributed by atoms with E-state index in [9.17, 15) is 5.11 Å². The van der Waals surface area contributed by atoms with Crippen molar-refractivity contribution < 1.29 is 9.84 Å². The van der Waals surface area contributed by atoms with Crippen molar-refractivity contribution in [3.8, 4) is 11.5 Å². The van der Waals surface area contributed by atoms with Crippen molar-refractivity contribution in [1.82, 2.24) is 0 Å². The molecule has 0 bridgehead atoms. The van der Waals surface area contributed by atoms with Gasteiger partial charge in [-0.3, -0.25) is 0 Å². The smallest absolute Gasteiger partial charge is 0.127 e. The molecule has 0 radical (unpaired) electrons. The molecule has 3 nitrogen and oxygen atoms in total. The number of benzene rings is 1. The molecule has 0 saturated heterocycles. The van der Waals surface area contributed by atoms with Crippen LogP contribution in [-0.4, -0.2) is 12.2 Å². The molecule has 1 atom stereocenters. The van der Waals surface area contributed by atoms with Gasteiger partial charge in [0.15, 0.2) is 0 Å². The maximum atomic E-state index is 9.66. The molecular formula is C11H18ClNO2. The molecule has 4 heteroatoms. The summed E-state index contributed by atoms with van der Waals surface area (Å²) in [6.45, 7) is 2.06. The first-order valence-electron chi connectivity index (χ1n) is 4.82. The average molecular weight is 232 g/mol. The molecule has 1 aromatic carbocycles. The topological polar surface area (TPSA) is 55.5 Å². The molecule has 0 spiro atoms. The molecule has 0 aliphatic carbocycles. The molecule has 0 amide bonds. The lowest BCUT2D eigenvalue weighted by Crippen LogP contribution is -2.11. The Labute approximate surface area is 96.7 Å². The average Bonchev–Trinajstić information content (AvgIpc) is 2.17. The van der Waals surface area contributed by atoms with E-state index in [4.69, 9.17) is 10.5 Å². The Morgan fingerprint density at radius 1 is 1.47 bits per heavy atom. The molecule has 0 saturated carbocycles. The Kier molecular flexibility index (Phi) is 6.13. The zero-order chi connectivity index (χ0) is 10.6. The summed E-state index contributed by atoms with van der Waals surface area (Å²) in [5.74, 6) is 0.872. The first-order chi connectivity index (χ1) is 6.70. The second-order valence-corrected chi connectivity index (χ2v) is 3.29. The van der Waals surface area contributed by atoms with Crippen molar-refractivity contribution in [2.75, 3.05) is 7.11 Å². The molecule has 0 aliphatic rings. The Hall–Kier alpha value is -0.930. The lowest BCUT2D eigenvalue weighted by atomic mass is 10.0. The van der Waals surface area contributed by atoms with Crippen LogP contribution in [0.5, 0.6) is 11.5 Å². The van der Waals surface area contributed by atoms with Crippen molar-refractivity contribution in [3.63, 3.8) is 0 Å². The van der Waals surface area contributed by atoms with Crippen LogP contribution in [0.25, 0.3) is 0 Å². The standard InChI is InChI=1S/C11H17NO2.ClH/c1-3-5-8(12)11-9(13)6-4-7-10(11)14-2;/h4,6-8,13H,3,5,12H2,1-2H3;1H/t8-;/m0./s1. The van der Waals surface area contributed by atoms with Crippen LogP contribution in [0.2, 0.25) is 0 Å². The molecule has 15 heavy (non-hydrogen) atoms. The number of halogens is 1. The number of nitrogens with two attached hydrogens (primary N) is 1. The van der Waals surface area contributed by atoms with Crippen LogP contribution in [0.4, 0.5) is 0 Å². The summed E-state index contributed by atoms with van der Waals surface area (Å²) in [5, 5.41) is 9.66. The quantitative estimate of drug-likeness (QED) is 0.838. The fourth-order valence-corrected chi connectivity index (χ4v) is 1.54. The lowest BCUT2D eigenvalue weighted by Gasteiger charge is -2.16. The Morgan fingerprint density at radius 3 is 2.67 bits per heavy atom. The maximum Gasteiger partial charge on any atom is 0.127 e. The number of rotatable bonds is 4. The first kappa shape index (κ1) is 14.1. The van der Waals surface area contributed by atoms with Crippen molar-refractivity contribution in [2.45, 2.75) is 25.8 Å². The van der Waals surface area contributed by atoms with Crippen LogP contribution in [0.15, 0.2) is 18.2 Å². The molecule has 0 fully saturated rings. The van der Waals surface area contributed by atoms with Gasteiger partial charge < -0.3 is 15.6 Å². The minimum Gasteiger partial charge on any atom is -0.507 e. The summed E-state index contributed by atoms with van der Waals surface area (Å²) in [5.41, 5.74) is 6.65. The van der Waals surface area contributed by atoms with E-state index in [1.54, 1.807) is 19.2 Å². The highest BCUT2D eigenvalue weighted by molar-refractivity contribution is 5.85. The molecule has 0 unspecified atom stereocenters. The van der Waals surface area contributed by atoms with Gasteiger partial charge in [0.25, 0.3) is 0 Å². The van der Waals surface area contributed by atoms with Crippen LogP contribution in [0.3, 0.4) is 0 Å². The van der Waals surface area contributed by atoms with E-state index in [1.165, 1.54) is 0 Å². The van der Waals surface area contributed by atoms with E-state index < -0.39 is 0 Å². The third-order valence-electron chi connectivity index (χ3n) is 2.23. The molecule has 0 heterocycles. The third-order valence-corrected chi connectivity index (χ3v) is 2.23. The Morgan fingerprint density at radius 2 is 2.13 bits per heavy atom. The number of hydrogen-bond acceptors (Lipinski definition) is 3. The van der Waals surface area contributed by atoms with Crippen molar-refractivity contribution in [3.05, 3.63) is 23.8 Å². The van der Waals surface area contributed by atoms with Crippen molar-refractivity contribution in [2.24, 2.45) is 5.73 Å². The first-order valence-corrected chi connectivity index (χ1v) is 4.82. The zero-order valence-corrected chi connectivity index (χ0v) is 9.88. The van der Waals surface area contributed by atoms with Crippen LogP contribution < -0.4 is 10.5 Å². The highest BCUT2D eigenvalue weighted by Gasteiger charge is 2.15. The van der Waals surface area contributed by atoms with Crippen LogP contribution in [0, 0.1) is 0 Å². The maximum absolute atomic E-state index is 9.66. The van der Waals surface area contributed by atoms with Gasteiger partial charge in [0.2, 0.25) is 0 Å². The van der Waals surface area contributed by atoms with Crippen molar-refractivity contribution in [1.29, 1.82) is 0 Å². The summed E-state index contributed by atoms with van der Waals surface area (Å²) in [6.07, 6.45) is 1.83. The second-order valence-electron chi connectivity index (χ2n) is 3.29. The van der Waals surface area contributed by atoms with Gasteiger partial charge in [0, 0.05) is 6.04 Å². The Balaban J connectivity index is 0.00000196. The van der Waals surface area contributed by atoms with Gasteiger partial charge in [-0.05, 0) is 18.6 Å². The number of phenols is 1. The number of phenolic OH excluding ortho intramolecular Hbond substituents is 1. The van der Waals surface area contributed by atoms with Gasteiger partial charge in [-0.1, -0.05) is 19.4 Å². The van der Waals surface area contributed by atoms with Gasteiger partial charge in [0.05, 0.1) is 12.7 Å². The number of aromatic hydroxyl groups is 1. The van der Waals surface area contributed by atoms with Crippen LogP contribution >= 0.6 is 12.4 Å². The fourth-order valence-electron chi connectivity index (χ4n) is 1.54. The highest BCUT2D eigenvalue weighted by atomic mass is 35.5. The fraction of sp³-hybridized carbons (Fsp3) is 0.455. The predicted molar refractivity (Wildman–Crippen MR) is 63.7 cm³/mol. The zero-order valence-electron chi connectivity index (χ0n) is 9.06. The molecule has 0 aromatic heterocycles. The summed E-state index contributed by atoms with van der Waals surface area (Å²) in [6, 6.07) is 5.03. The third kappa shape index (κ3) is 3.29. The van der Waals surface area contributed by atoms with Crippen molar-refractivity contribution >= 4 is 12.4 Å².